The summed E-state index contributed by atoms with van der Waals surface area (Å²) in [5, 5.41) is 10.5. The van der Waals surface area contributed by atoms with Gasteiger partial charge in [-0.2, -0.15) is 0 Å². The summed E-state index contributed by atoms with van der Waals surface area (Å²) in [6.07, 6.45) is 2.25. The highest BCUT2D eigenvalue weighted by Gasteiger charge is 2.31. The molecule has 1 N–H and O–H groups in total. The lowest BCUT2D eigenvalue weighted by Crippen LogP contribution is -2.44. The van der Waals surface area contributed by atoms with E-state index in [4.69, 9.17) is 11.6 Å². The Kier molecular flexibility index (Phi) is 3.65. The standard InChI is InChI=1S/C19H20ClNO/c1-13-11-19(2,3)21(12-14-4-6-15(20)7-5-14)18-9-8-16(22)10-17(13)18/h4-11,22H,12H2,1-3H3. The summed E-state index contributed by atoms with van der Waals surface area (Å²) >= 11 is 5.98. The molecule has 1 heterocycles. The predicted octanol–water partition coefficient (Wildman–Crippen LogP) is 5.25. The molecule has 3 rings (SSSR count). The quantitative estimate of drug-likeness (QED) is 0.818. The van der Waals surface area contributed by atoms with E-state index in [2.05, 4.69) is 43.9 Å². The van der Waals surface area contributed by atoms with E-state index in [0.29, 0.717) is 5.75 Å². The SMILES string of the molecule is CC1=CC(C)(C)N(Cc2ccc(Cl)cc2)c2ccc(O)cc21. The number of halogens is 1. The van der Waals surface area contributed by atoms with Crippen LogP contribution >= 0.6 is 11.6 Å². The van der Waals surface area contributed by atoms with Gasteiger partial charge in [-0.15, -0.1) is 0 Å². The molecule has 1 aliphatic rings. The lowest BCUT2D eigenvalue weighted by Gasteiger charge is -2.43. The summed E-state index contributed by atoms with van der Waals surface area (Å²) in [5.41, 5.74) is 4.56. The van der Waals surface area contributed by atoms with Crippen LogP contribution in [0.1, 0.15) is 31.9 Å². The summed E-state index contributed by atoms with van der Waals surface area (Å²) < 4.78 is 0. The van der Waals surface area contributed by atoms with E-state index < -0.39 is 0 Å². The van der Waals surface area contributed by atoms with Crippen molar-refractivity contribution in [3.05, 3.63) is 64.7 Å². The minimum absolute atomic E-state index is 0.0896. The van der Waals surface area contributed by atoms with Crippen LogP contribution in [0.4, 0.5) is 5.69 Å². The van der Waals surface area contributed by atoms with Gasteiger partial charge in [0.15, 0.2) is 0 Å². The van der Waals surface area contributed by atoms with Crippen molar-refractivity contribution in [2.24, 2.45) is 0 Å². The van der Waals surface area contributed by atoms with Crippen LogP contribution in [0.5, 0.6) is 5.75 Å². The highest BCUT2D eigenvalue weighted by molar-refractivity contribution is 6.30. The van der Waals surface area contributed by atoms with Crippen molar-refractivity contribution >= 4 is 22.9 Å². The van der Waals surface area contributed by atoms with Crippen molar-refractivity contribution in [3.63, 3.8) is 0 Å². The monoisotopic (exact) mass is 313 g/mol. The van der Waals surface area contributed by atoms with Gasteiger partial charge in [-0.1, -0.05) is 29.8 Å². The van der Waals surface area contributed by atoms with E-state index >= 15 is 0 Å². The normalized spacial score (nSPS) is 16.2. The molecule has 22 heavy (non-hydrogen) atoms. The van der Waals surface area contributed by atoms with Crippen LogP contribution in [-0.4, -0.2) is 10.6 Å². The van der Waals surface area contributed by atoms with E-state index in [-0.39, 0.29) is 5.54 Å². The Morgan fingerprint density at radius 3 is 2.45 bits per heavy atom. The third kappa shape index (κ3) is 2.71. The zero-order chi connectivity index (χ0) is 15.9. The van der Waals surface area contributed by atoms with Crippen LogP contribution in [0.25, 0.3) is 5.57 Å². The summed E-state index contributed by atoms with van der Waals surface area (Å²) in [6, 6.07) is 13.6. The molecule has 114 valence electrons. The zero-order valence-electron chi connectivity index (χ0n) is 13.1. The molecule has 0 saturated carbocycles. The number of rotatable bonds is 2. The maximum Gasteiger partial charge on any atom is 0.116 e. The Bertz CT molecular complexity index is 732. The van der Waals surface area contributed by atoms with Gasteiger partial charge in [0.05, 0.1) is 5.54 Å². The van der Waals surface area contributed by atoms with E-state index in [1.165, 1.54) is 11.1 Å². The van der Waals surface area contributed by atoms with Crippen LogP contribution in [0.3, 0.4) is 0 Å². The predicted molar refractivity (Wildman–Crippen MR) is 93.5 cm³/mol. The number of aromatic hydroxyl groups is 1. The number of benzene rings is 2. The second-order valence-corrected chi connectivity index (χ2v) is 6.83. The number of hydrogen-bond acceptors (Lipinski definition) is 2. The van der Waals surface area contributed by atoms with Gasteiger partial charge < -0.3 is 10.0 Å². The highest BCUT2D eigenvalue weighted by atomic mass is 35.5. The van der Waals surface area contributed by atoms with Gasteiger partial charge in [0.1, 0.15) is 5.75 Å². The third-order valence-corrected chi connectivity index (χ3v) is 4.47. The van der Waals surface area contributed by atoms with Gasteiger partial charge in [0.25, 0.3) is 0 Å². The molecule has 0 bridgehead atoms. The number of phenolic OH excluding ortho intramolecular Hbond substituents is 1. The Morgan fingerprint density at radius 2 is 1.77 bits per heavy atom. The van der Waals surface area contributed by atoms with Gasteiger partial charge in [-0.25, -0.2) is 0 Å². The maximum atomic E-state index is 9.78. The van der Waals surface area contributed by atoms with Crippen LogP contribution in [0.2, 0.25) is 5.02 Å². The van der Waals surface area contributed by atoms with Gasteiger partial charge in [-0.3, -0.25) is 0 Å². The number of hydrogen-bond donors (Lipinski definition) is 1. The molecule has 0 atom stereocenters. The molecule has 0 unspecified atom stereocenters. The molecule has 0 radical (unpaired) electrons. The van der Waals surface area contributed by atoms with Crippen molar-refractivity contribution in [2.75, 3.05) is 4.90 Å². The Morgan fingerprint density at radius 1 is 1.09 bits per heavy atom. The molecule has 2 nitrogen and oxygen atoms in total. The Labute approximate surface area is 136 Å². The van der Waals surface area contributed by atoms with Crippen molar-refractivity contribution in [2.45, 2.75) is 32.9 Å². The average molecular weight is 314 g/mol. The summed E-state index contributed by atoms with van der Waals surface area (Å²) in [4.78, 5) is 2.36. The van der Waals surface area contributed by atoms with Crippen LogP contribution in [0.15, 0.2) is 48.5 Å². The summed E-state index contributed by atoms with van der Waals surface area (Å²) in [5.74, 6) is 0.303. The fraction of sp³-hybridized carbons (Fsp3) is 0.263. The van der Waals surface area contributed by atoms with Crippen LogP contribution in [-0.2, 0) is 6.54 Å². The first-order chi connectivity index (χ1) is 10.4. The van der Waals surface area contributed by atoms with Gasteiger partial charge in [-0.05, 0) is 62.2 Å². The summed E-state index contributed by atoms with van der Waals surface area (Å²) in [7, 11) is 0. The van der Waals surface area contributed by atoms with Gasteiger partial charge in [0, 0.05) is 22.8 Å². The molecule has 0 aromatic heterocycles. The first kappa shape index (κ1) is 15.0. The molecule has 2 aromatic rings. The molecule has 0 saturated heterocycles. The fourth-order valence-electron chi connectivity index (χ4n) is 3.13. The zero-order valence-corrected chi connectivity index (χ0v) is 13.9. The average Bonchev–Trinajstić information content (AvgIpc) is 2.45. The lowest BCUT2D eigenvalue weighted by molar-refractivity contribution is 0.474. The first-order valence-corrected chi connectivity index (χ1v) is 7.79. The number of phenols is 1. The second-order valence-electron chi connectivity index (χ2n) is 6.40. The largest absolute Gasteiger partial charge is 0.508 e. The van der Waals surface area contributed by atoms with Crippen molar-refractivity contribution in [1.82, 2.24) is 0 Å². The van der Waals surface area contributed by atoms with E-state index in [1.54, 1.807) is 6.07 Å². The molecule has 0 spiro atoms. The number of allylic oxidation sites excluding steroid dienone is 1. The maximum absolute atomic E-state index is 9.78. The smallest absolute Gasteiger partial charge is 0.116 e. The molecule has 1 aliphatic heterocycles. The summed E-state index contributed by atoms with van der Waals surface area (Å²) in [6.45, 7) is 7.32. The van der Waals surface area contributed by atoms with E-state index in [9.17, 15) is 5.11 Å². The Balaban J connectivity index is 2.04. The first-order valence-electron chi connectivity index (χ1n) is 7.42. The topological polar surface area (TPSA) is 23.5 Å². The lowest BCUT2D eigenvalue weighted by atomic mass is 9.88. The van der Waals surface area contributed by atoms with Crippen LogP contribution in [0, 0.1) is 0 Å². The van der Waals surface area contributed by atoms with Crippen molar-refractivity contribution in [1.29, 1.82) is 0 Å². The number of fused-ring (bicyclic) bond motifs is 1. The third-order valence-electron chi connectivity index (χ3n) is 4.22. The molecular weight excluding hydrogens is 294 g/mol. The van der Waals surface area contributed by atoms with Gasteiger partial charge in [0.2, 0.25) is 0 Å². The van der Waals surface area contributed by atoms with E-state index in [0.717, 1.165) is 22.8 Å². The number of nitrogens with zero attached hydrogens (tertiary/aromatic N) is 1. The fourth-order valence-corrected chi connectivity index (χ4v) is 3.26. The molecule has 0 fully saturated rings. The minimum atomic E-state index is -0.0896. The second kappa shape index (κ2) is 5.36. The van der Waals surface area contributed by atoms with Gasteiger partial charge >= 0.3 is 0 Å². The Hall–Kier alpha value is -1.93. The molecular formula is C19H20ClNO. The molecule has 0 amide bonds. The highest BCUT2D eigenvalue weighted by Crippen LogP contribution is 2.41. The van der Waals surface area contributed by atoms with Crippen molar-refractivity contribution < 1.29 is 5.11 Å². The molecule has 3 heteroatoms. The minimum Gasteiger partial charge on any atom is -0.508 e. The van der Waals surface area contributed by atoms with E-state index in [1.807, 2.05) is 24.3 Å². The number of anilines is 1. The molecule has 2 aromatic carbocycles. The van der Waals surface area contributed by atoms with Crippen molar-refractivity contribution in [3.8, 4) is 5.75 Å². The van der Waals surface area contributed by atoms with Crippen LogP contribution < -0.4 is 4.90 Å². The molecule has 0 aliphatic carbocycles.